The highest BCUT2D eigenvalue weighted by Crippen LogP contribution is 2.28. The first kappa shape index (κ1) is 18.7. The van der Waals surface area contributed by atoms with Crippen LogP contribution in [-0.2, 0) is 21.2 Å². The summed E-state index contributed by atoms with van der Waals surface area (Å²) in [7, 11) is -1.91. The van der Waals surface area contributed by atoms with E-state index < -0.39 is 10.0 Å². The maximum Gasteiger partial charge on any atom is 0.252 e. The molecule has 26 heavy (non-hydrogen) atoms. The monoisotopic (exact) mass is 395 g/mol. The van der Waals surface area contributed by atoms with Crippen molar-refractivity contribution in [3.05, 3.63) is 35.2 Å². The Morgan fingerprint density at radius 1 is 1.27 bits per heavy atom. The summed E-state index contributed by atoms with van der Waals surface area (Å²) in [6, 6.07) is 8.26. The number of hydrogen-bond donors (Lipinski definition) is 2. The maximum absolute atomic E-state index is 12.5. The molecular formula is C17H21N3O4S2. The predicted octanol–water partition coefficient (Wildman–Crippen LogP) is 2.30. The van der Waals surface area contributed by atoms with E-state index in [1.54, 1.807) is 30.3 Å². The third-order valence-corrected chi connectivity index (χ3v) is 7.60. The number of nitrogen functional groups attached to an aromatic ring is 1. The highest BCUT2D eigenvalue weighted by molar-refractivity contribution is 7.91. The second-order valence-corrected chi connectivity index (χ2v) is 9.35. The Kier molecular flexibility index (Phi) is 5.49. The SMILES string of the molecule is COc1ccc(NC(=O)Cc2ccc(S(=O)(=O)N3CCCC3)s2)cc1N. The van der Waals surface area contributed by atoms with Crippen molar-refractivity contribution in [3.63, 3.8) is 0 Å². The lowest BCUT2D eigenvalue weighted by Gasteiger charge is -2.13. The van der Waals surface area contributed by atoms with Gasteiger partial charge in [-0.05, 0) is 43.2 Å². The fourth-order valence-corrected chi connectivity index (χ4v) is 5.85. The molecule has 1 amide bonds. The molecule has 0 bridgehead atoms. The number of carbonyl (C=O) groups excluding carboxylic acids is 1. The Bertz CT molecular complexity index is 902. The number of carbonyl (C=O) groups is 1. The average molecular weight is 396 g/mol. The van der Waals surface area contributed by atoms with E-state index in [-0.39, 0.29) is 16.5 Å². The highest BCUT2D eigenvalue weighted by Gasteiger charge is 2.28. The molecule has 0 unspecified atom stereocenters. The molecule has 3 rings (SSSR count). The molecule has 7 nitrogen and oxygen atoms in total. The van der Waals surface area contributed by atoms with Crippen molar-refractivity contribution < 1.29 is 17.9 Å². The zero-order valence-corrected chi connectivity index (χ0v) is 16.0. The Balaban J connectivity index is 1.65. The van der Waals surface area contributed by atoms with Gasteiger partial charge in [-0.1, -0.05) is 0 Å². The number of methoxy groups -OCH3 is 1. The standard InChI is InChI=1S/C17H21N3O4S2/c1-24-15-6-4-12(10-14(15)18)19-16(21)11-13-5-7-17(25-13)26(22,23)20-8-2-3-9-20/h4-7,10H,2-3,8-9,11,18H2,1H3,(H,19,21). The van der Waals surface area contributed by atoms with Crippen LogP contribution in [0.3, 0.4) is 0 Å². The molecule has 1 aliphatic rings. The minimum Gasteiger partial charge on any atom is -0.495 e. The molecule has 2 heterocycles. The van der Waals surface area contributed by atoms with Gasteiger partial charge in [0.15, 0.2) is 0 Å². The zero-order valence-electron chi connectivity index (χ0n) is 14.4. The Hall–Kier alpha value is -2.10. The number of thiophene rings is 1. The number of rotatable bonds is 6. The summed E-state index contributed by atoms with van der Waals surface area (Å²) in [4.78, 5) is 12.9. The summed E-state index contributed by atoms with van der Waals surface area (Å²) in [5.41, 5.74) is 6.82. The van der Waals surface area contributed by atoms with E-state index in [0.29, 0.717) is 35.1 Å². The van der Waals surface area contributed by atoms with Crippen LogP contribution < -0.4 is 15.8 Å². The summed E-state index contributed by atoms with van der Waals surface area (Å²) in [5, 5.41) is 2.76. The molecule has 1 aliphatic heterocycles. The summed E-state index contributed by atoms with van der Waals surface area (Å²) in [6.45, 7) is 1.13. The molecule has 0 atom stereocenters. The number of anilines is 2. The summed E-state index contributed by atoms with van der Waals surface area (Å²) < 4.78 is 31.9. The minimum atomic E-state index is -3.44. The van der Waals surface area contributed by atoms with Gasteiger partial charge in [0.1, 0.15) is 9.96 Å². The fraction of sp³-hybridized carbons (Fsp3) is 0.353. The van der Waals surface area contributed by atoms with Gasteiger partial charge in [0, 0.05) is 23.7 Å². The van der Waals surface area contributed by atoms with Crippen molar-refractivity contribution in [3.8, 4) is 5.75 Å². The molecule has 3 N–H and O–H groups in total. The van der Waals surface area contributed by atoms with Crippen LogP contribution in [0.25, 0.3) is 0 Å². The van der Waals surface area contributed by atoms with Crippen molar-refractivity contribution in [2.75, 3.05) is 31.2 Å². The minimum absolute atomic E-state index is 0.103. The molecule has 1 fully saturated rings. The molecule has 1 saturated heterocycles. The van der Waals surface area contributed by atoms with E-state index in [1.807, 2.05) is 0 Å². The van der Waals surface area contributed by atoms with Gasteiger partial charge < -0.3 is 15.8 Å². The van der Waals surface area contributed by atoms with Gasteiger partial charge >= 0.3 is 0 Å². The predicted molar refractivity (Wildman–Crippen MR) is 102 cm³/mol. The van der Waals surface area contributed by atoms with Gasteiger partial charge in [-0.3, -0.25) is 4.79 Å². The van der Waals surface area contributed by atoms with Gasteiger partial charge in [-0.25, -0.2) is 8.42 Å². The molecule has 0 radical (unpaired) electrons. The molecule has 9 heteroatoms. The van der Waals surface area contributed by atoms with Crippen LogP contribution >= 0.6 is 11.3 Å². The van der Waals surface area contributed by atoms with Crippen LogP contribution in [0, 0.1) is 0 Å². The van der Waals surface area contributed by atoms with Crippen molar-refractivity contribution >= 4 is 38.6 Å². The van der Waals surface area contributed by atoms with E-state index in [1.165, 1.54) is 11.4 Å². The van der Waals surface area contributed by atoms with E-state index in [4.69, 9.17) is 10.5 Å². The zero-order chi connectivity index (χ0) is 18.7. The maximum atomic E-state index is 12.5. The second kappa shape index (κ2) is 7.65. The number of amides is 1. The Morgan fingerprint density at radius 2 is 2.00 bits per heavy atom. The number of nitrogens with zero attached hydrogens (tertiary/aromatic N) is 1. The second-order valence-electron chi connectivity index (χ2n) is 6.01. The molecule has 0 saturated carbocycles. The highest BCUT2D eigenvalue weighted by atomic mass is 32.2. The number of nitrogens with two attached hydrogens (primary N) is 1. The van der Waals surface area contributed by atoms with Crippen molar-refractivity contribution in [1.82, 2.24) is 4.31 Å². The first-order valence-corrected chi connectivity index (χ1v) is 10.5. The molecule has 2 aromatic rings. The first-order valence-electron chi connectivity index (χ1n) is 8.22. The summed E-state index contributed by atoms with van der Waals surface area (Å²) >= 11 is 1.14. The van der Waals surface area contributed by atoms with Gasteiger partial charge in [-0.15, -0.1) is 11.3 Å². The topological polar surface area (TPSA) is 102 Å². The lowest BCUT2D eigenvalue weighted by Crippen LogP contribution is -2.27. The van der Waals surface area contributed by atoms with Crippen LogP contribution in [0.5, 0.6) is 5.75 Å². The lowest BCUT2D eigenvalue weighted by atomic mass is 10.2. The van der Waals surface area contributed by atoms with Gasteiger partial charge in [-0.2, -0.15) is 4.31 Å². The Labute approximate surface area is 156 Å². The number of ether oxygens (including phenoxy) is 1. The molecular weight excluding hydrogens is 374 g/mol. The van der Waals surface area contributed by atoms with Crippen LogP contribution in [0.4, 0.5) is 11.4 Å². The van der Waals surface area contributed by atoms with E-state index in [0.717, 1.165) is 24.2 Å². The van der Waals surface area contributed by atoms with Crippen LogP contribution in [-0.4, -0.2) is 38.8 Å². The Morgan fingerprint density at radius 3 is 2.65 bits per heavy atom. The molecule has 140 valence electrons. The smallest absolute Gasteiger partial charge is 0.252 e. The third-order valence-electron chi connectivity index (χ3n) is 4.14. The van der Waals surface area contributed by atoms with Crippen molar-refractivity contribution in [2.45, 2.75) is 23.5 Å². The molecule has 0 spiro atoms. The molecule has 1 aromatic carbocycles. The number of hydrogen-bond acceptors (Lipinski definition) is 6. The van der Waals surface area contributed by atoms with Gasteiger partial charge in [0.05, 0.1) is 19.2 Å². The number of sulfonamides is 1. The largest absolute Gasteiger partial charge is 0.495 e. The van der Waals surface area contributed by atoms with Crippen LogP contribution in [0.2, 0.25) is 0 Å². The summed E-state index contributed by atoms with van der Waals surface area (Å²) in [6.07, 6.45) is 1.89. The molecule has 1 aromatic heterocycles. The van der Waals surface area contributed by atoms with E-state index >= 15 is 0 Å². The van der Waals surface area contributed by atoms with Gasteiger partial charge in [0.2, 0.25) is 5.91 Å². The van der Waals surface area contributed by atoms with Crippen LogP contribution in [0.1, 0.15) is 17.7 Å². The normalized spacial score (nSPS) is 15.1. The average Bonchev–Trinajstić information content (AvgIpc) is 3.27. The first-order chi connectivity index (χ1) is 12.4. The van der Waals surface area contributed by atoms with Gasteiger partial charge in [0.25, 0.3) is 10.0 Å². The number of benzene rings is 1. The van der Waals surface area contributed by atoms with Crippen molar-refractivity contribution in [2.24, 2.45) is 0 Å². The summed E-state index contributed by atoms with van der Waals surface area (Å²) in [5.74, 6) is 0.305. The lowest BCUT2D eigenvalue weighted by molar-refractivity contribution is -0.115. The van der Waals surface area contributed by atoms with Crippen LogP contribution in [0.15, 0.2) is 34.5 Å². The quantitative estimate of drug-likeness (QED) is 0.731. The molecule has 0 aliphatic carbocycles. The number of nitrogens with one attached hydrogen (secondary N) is 1. The van der Waals surface area contributed by atoms with E-state index in [2.05, 4.69) is 5.32 Å². The van der Waals surface area contributed by atoms with Crippen molar-refractivity contribution in [1.29, 1.82) is 0 Å². The third kappa shape index (κ3) is 4.00. The van der Waals surface area contributed by atoms with E-state index in [9.17, 15) is 13.2 Å². The fourth-order valence-electron chi connectivity index (χ4n) is 2.82.